The van der Waals surface area contributed by atoms with E-state index in [4.69, 9.17) is 11.6 Å². The van der Waals surface area contributed by atoms with Crippen molar-refractivity contribution in [2.75, 3.05) is 19.6 Å². The molecular formula is C14H23ClN4O. The van der Waals surface area contributed by atoms with E-state index >= 15 is 0 Å². The average Bonchev–Trinajstić information content (AvgIpc) is 2.70. The molecule has 1 aliphatic heterocycles. The van der Waals surface area contributed by atoms with Crippen LogP contribution in [0.25, 0.3) is 0 Å². The van der Waals surface area contributed by atoms with Gasteiger partial charge < -0.3 is 4.90 Å². The van der Waals surface area contributed by atoms with Gasteiger partial charge in [-0.2, -0.15) is 5.10 Å². The number of nitrogens with zero attached hydrogens (tertiary/aromatic N) is 3. The molecule has 6 heteroatoms. The summed E-state index contributed by atoms with van der Waals surface area (Å²) in [6.07, 6.45) is 0. The highest BCUT2D eigenvalue weighted by Crippen LogP contribution is 2.21. The molecule has 5 nitrogen and oxygen atoms in total. The maximum absolute atomic E-state index is 12.4. The molecule has 1 aromatic heterocycles. The number of carbonyl (C=O) groups excluding carboxylic acids is 1. The third-order valence-corrected chi connectivity index (χ3v) is 4.26. The fourth-order valence-corrected chi connectivity index (χ4v) is 2.72. The van der Waals surface area contributed by atoms with Gasteiger partial charge in [0.2, 0.25) is 5.91 Å². The van der Waals surface area contributed by atoms with Gasteiger partial charge in [-0.05, 0) is 19.8 Å². The van der Waals surface area contributed by atoms with E-state index in [-0.39, 0.29) is 11.9 Å². The second-order valence-electron chi connectivity index (χ2n) is 5.93. The van der Waals surface area contributed by atoms with Gasteiger partial charge in [0.1, 0.15) is 0 Å². The molecule has 0 bridgehead atoms. The van der Waals surface area contributed by atoms with Gasteiger partial charge >= 0.3 is 0 Å². The van der Waals surface area contributed by atoms with Crippen molar-refractivity contribution in [2.24, 2.45) is 5.92 Å². The lowest BCUT2D eigenvalue weighted by atomic mass is 10.1. The molecule has 1 atom stereocenters. The van der Waals surface area contributed by atoms with Crippen LogP contribution in [0.4, 0.5) is 0 Å². The first-order valence-corrected chi connectivity index (χ1v) is 7.50. The number of H-pyrrole nitrogens is 1. The van der Waals surface area contributed by atoms with Gasteiger partial charge in [0.05, 0.1) is 22.5 Å². The summed E-state index contributed by atoms with van der Waals surface area (Å²) in [5.74, 6) is 0.703. The molecule has 0 saturated carbocycles. The Morgan fingerprint density at radius 2 is 2.15 bits per heavy atom. The number of aryl methyl sites for hydroxylation is 1. The summed E-state index contributed by atoms with van der Waals surface area (Å²) < 4.78 is 0. The monoisotopic (exact) mass is 298 g/mol. The van der Waals surface area contributed by atoms with Gasteiger partial charge in [0, 0.05) is 26.2 Å². The van der Waals surface area contributed by atoms with Crippen molar-refractivity contribution in [3.05, 3.63) is 16.4 Å². The van der Waals surface area contributed by atoms with E-state index in [2.05, 4.69) is 28.9 Å². The van der Waals surface area contributed by atoms with Crippen molar-refractivity contribution in [1.82, 2.24) is 20.0 Å². The number of hydrogen-bond donors (Lipinski definition) is 1. The standard InChI is InChI=1S/C14H23ClN4O/c1-9(2)7-19-6-5-18(11(4)14(19)20)8-12-13(15)10(3)16-17-12/h9,11H,5-8H2,1-4H3,(H,16,17)/t11-/m0/s1. The topological polar surface area (TPSA) is 52.2 Å². The highest BCUT2D eigenvalue weighted by Gasteiger charge is 2.32. The van der Waals surface area contributed by atoms with Gasteiger partial charge in [0.15, 0.2) is 0 Å². The fraction of sp³-hybridized carbons (Fsp3) is 0.714. The van der Waals surface area contributed by atoms with E-state index in [0.717, 1.165) is 31.0 Å². The minimum atomic E-state index is -0.115. The molecule has 0 radical (unpaired) electrons. The lowest BCUT2D eigenvalue weighted by Crippen LogP contribution is -2.56. The summed E-state index contributed by atoms with van der Waals surface area (Å²) in [6.45, 7) is 11.2. The number of amides is 1. The third kappa shape index (κ3) is 3.15. The molecule has 20 heavy (non-hydrogen) atoms. The second-order valence-corrected chi connectivity index (χ2v) is 6.31. The number of carbonyl (C=O) groups is 1. The Morgan fingerprint density at radius 3 is 2.70 bits per heavy atom. The Kier molecular flexibility index (Phi) is 4.70. The molecule has 0 aliphatic carbocycles. The predicted molar refractivity (Wildman–Crippen MR) is 79.6 cm³/mol. The number of aromatic nitrogens is 2. The Labute approximate surface area is 125 Å². The molecule has 1 fully saturated rings. The van der Waals surface area contributed by atoms with Crippen molar-refractivity contribution in [1.29, 1.82) is 0 Å². The molecule has 2 rings (SSSR count). The zero-order chi connectivity index (χ0) is 14.9. The summed E-state index contributed by atoms with van der Waals surface area (Å²) >= 11 is 6.19. The first-order valence-electron chi connectivity index (χ1n) is 7.12. The molecule has 1 aliphatic rings. The lowest BCUT2D eigenvalue weighted by molar-refractivity contribution is -0.142. The first-order chi connectivity index (χ1) is 9.40. The van der Waals surface area contributed by atoms with E-state index in [0.29, 0.717) is 17.5 Å². The normalized spacial score (nSPS) is 21.0. The second kappa shape index (κ2) is 6.14. The molecule has 1 N–H and O–H groups in total. The van der Waals surface area contributed by atoms with E-state index in [1.807, 2.05) is 18.7 Å². The molecule has 112 valence electrons. The molecule has 2 heterocycles. The van der Waals surface area contributed by atoms with Gasteiger partial charge in [-0.15, -0.1) is 0 Å². The van der Waals surface area contributed by atoms with E-state index < -0.39 is 0 Å². The minimum absolute atomic E-state index is 0.115. The maximum atomic E-state index is 12.4. The van der Waals surface area contributed by atoms with Gasteiger partial charge in [-0.3, -0.25) is 14.8 Å². The average molecular weight is 299 g/mol. The number of piperazine rings is 1. The summed E-state index contributed by atoms with van der Waals surface area (Å²) in [5, 5.41) is 7.77. The Balaban J connectivity index is 2.02. The predicted octanol–water partition coefficient (Wildman–Crippen LogP) is 2.06. The van der Waals surface area contributed by atoms with Crippen LogP contribution in [0.1, 0.15) is 32.2 Å². The SMILES string of the molecule is Cc1[nH]nc(CN2CCN(CC(C)C)C(=O)[C@@H]2C)c1Cl. The molecule has 1 saturated heterocycles. The van der Waals surface area contributed by atoms with Crippen molar-refractivity contribution in [3.63, 3.8) is 0 Å². The highest BCUT2D eigenvalue weighted by molar-refractivity contribution is 6.31. The first kappa shape index (κ1) is 15.3. The number of nitrogens with one attached hydrogen (secondary N) is 1. The Morgan fingerprint density at radius 1 is 1.45 bits per heavy atom. The fourth-order valence-electron chi connectivity index (χ4n) is 2.57. The van der Waals surface area contributed by atoms with Crippen LogP contribution >= 0.6 is 11.6 Å². The summed E-state index contributed by atoms with van der Waals surface area (Å²) in [6, 6.07) is -0.115. The summed E-state index contributed by atoms with van der Waals surface area (Å²) in [7, 11) is 0. The van der Waals surface area contributed by atoms with Crippen LogP contribution in [0, 0.1) is 12.8 Å². The zero-order valence-corrected chi connectivity index (χ0v) is 13.4. The number of halogens is 1. The third-order valence-electron chi connectivity index (χ3n) is 3.75. The van der Waals surface area contributed by atoms with Gasteiger partial charge in [-0.25, -0.2) is 0 Å². The molecular weight excluding hydrogens is 276 g/mol. The van der Waals surface area contributed by atoms with E-state index in [9.17, 15) is 4.79 Å². The minimum Gasteiger partial charge on any atom is -0.340 e. The van der Waals surface area contributed by atoms with Crippen molar-refractivity contribution >= 4 is 17.5 Å². The number of rotatable bonds is 4. The van der Waals surface area contributed by atoms with Crippen LogP contribution in [-0.2, 0) is 11.3 Å². The lowest BCUT2D eigenvalue weighted by Gasteiger charge is -2.39. The Hall–Kier alpha value is -1.07. The van der Waals surface area contributed by atoms with Crippen molar-refractivity contribution in [3.8, 4) is 0 Å². The van der Waals surface area contributed by atoms with Crippen molar-refractivity contribution < 1.29 is 4.79 Å². The number of aromatic amines is 1. The Bertz CT molecular complexity index is 486. The van der Waals surface area contributed by atoms with Crippen LogP contribution in [-0.4, -0.2) is 51.6 Å². The molecule has 0 unspecified atom stereocenters. The molecule has 1 aromatic rings. The quantitative estimate of drug-likeness (QED) is 0.926. The van der Waals surface area contributed by atoms with Gasteiger partial charge in [-0.1, -0.05) is 25.4 Å². The van der Waals surface area contributed by atoms with Crippen LogP contribution in [0.15, 0.2) is 0 Å². The largest absolute Gasteiger partial charge is 0.340 e. The van der Waals surface area contributed by atoms with Gasteiger partial charge in [0.25, 0.3) is 0 Å². The molecule has 1 amide bonds. The molecule has 0 spiro atoms. The van der Waals surface area contributed by atoms with Crippen molar-refractivity contribution in [2.45, 2.75) is 40.3 Å². The van der Waals surface area contributed by atoms with Crippen LogP contribution in [0.2, 0.25) is 5.02 Å². The molecule has 0 aromatic carbocycles. The zero-order valence-electron chi connectivity index (χ0n) is 12.6. The summed E-state index contributed by atoms with van der Waals surface area (Å²) in [5.41, 5.74) is 1.69. The smallest absolute Gasteiger partial charge is 0.239 e. The van der Waals surface area contributed by atoms with E-state index in [1.54, 1.807) is 0 Å². The van der Waals surface area contributed by atoms with Crippen LogP contribution in [0.3, 0.4) is 0 Å². The highest BCUT2D eigenvalue weighted by atomic mass is 35.5. The summed E-state index contributed by atoms with van der Waals surface area (Å²) in [4.78, 5) is 16.5. The maximum Gasteiger partial charge on any atom is 0.239 e. The van der Waals surface area contributed by atoms with Crippen LogP contribution < -0.4 is 0 Å². The van der Waals surface area contributed by atoms with E-state index in [1.165, 1.54) is 0 Å². The van der Waals surface area contributed by atoms with Crippen LogP contribution in [0.5, 0.6) is 0 Å². The number of hydrogen-bond acceptors (Lipinski definition) is 3.